The first-order chi connectivity index (χ1) is 12.2. The van der Waals surface area contributed by atoms with Crippen molar-refractivity contribution in [2.75, 3.05) is 19.0 Å². The Morgan fingerprint density at radius 1 is 1.08 bits per heavy atom. The third-order valence-corrected chi connectivity index (χ3v) is 3.54. The lowest BCUT2D eigenvalue weighted by atomic mass is 9.97. The summed E-state index contributed by atoms with van der Waals surface area (Å²) in [6, 6.07) is 8.23. The molecule has 0 saturated heterocycles. The van der Waals surface area contributed by atoms with Crippen molar-refractivity contribution in [2.24, 2.45) is 0 Å². The van der Waals surface area contributed by atoms with Crippen molar-refractivity contribution in [2.45, 2.75) is 6.18 Å². The lowest BCUT2D eigenvalue weighted by molar-refractivity contribution is -0.137. The molecule has 7 heteroatoms. The number of aromatic nitrogens is 1. The normalized spacial score (nSPS) is 12.4. The predicted molar refractivity (Wildman–Crippen MR) is 93.9 cm³/mol. The quantitative estimate of drug-likeness (QED) is 0.639. The Kier molecular flexibility index (Phi) is 5.82. The highest BCUT2D eigenvalue weighted by atomic mass is 19.4. The van der Waals surface area contributed by atoms with E-state index in [0.29, 0.717) is 16.7 Å². The number of hydrogen-bond acceptors (Lipinski definition) is 3. The molecule has 0 aliphatic heterocycles. The third-order valence-electron chi connectivity index (χ3n) is 3.54. The van der Waals surface area contributed by atoms with E-state index in [1.807, 2.05) is 19.0 Å². The number of anilines is 1. The van der Waals surface area contributed by atoms with Crippen LogP contribution in [0.4, 0.5) is 19.0 Å². The molecule has 2 aromatic rings. The Labute approximate surface area is 148 Å². The second kappa shape index (κ2) is 7.86. The number of carbonyl (C=O) groups is 1. The Balaban J connectivity index is 2.46. The fourth-order valence-electron chi connectivity index (χ4n) is 2.23. The summed E-state index contributed by atoms with van der Waals surface area (Å²) in [4.78, 5) is 16.8. The minimum absolute atomic E-state index is 0.521. The highest BCUT2D eigenvalue weighted by Gasteiger charge is 2.30. The molecule has 0 saturated carbocycles. The first kappa shape index (κ1) is 19.2. The summed E-state index contributed by atoms with van der Waals surface area (Å²) in [5.74, 6) is -0.393. The van der Waals surface area contributed by atoms with Crippen LogP contribution in [0, 0.1) is 0 Å². The van der Waals surface area contributed by atoms with Crippen LogP contribution >= 0.6 is 0 Å². The van der Waals surface area contributed by atoms with Crippen molar-refractivity contribution < 1.29 is 23.1 Å². The molecule has 0 bridgehead atoms. The van der Waals surface area contributed by atoms with E-state index in [-0.39, 0.29) is 0 Å². The van der Waals surface area contributed by atoms with E-state index < -0.39 is 17.7 Å². The molecule has 26 heavy (non-hydrogen) atoms. The van der Waals surface area contributed by atoms with Gasteiger partial charge in [0, 0.05) is 31.9 Å². The van der Waals surface area contributed by atoms with E-state index in [1.54, 1.807) is 18.3 Å². The second-order valence-corrected chi connectivity index (χ2v) is 5.65. The molecule has 1 aromatic heterocycles. The molecule has 2 rings (SSSR count). The summed E-state index contributed by atoms with van der Waals surface area (Å²) >= 11 is 0. The van der Waals surface area contributed by atoms with Gasteiger partial charge in [0.2, 0.25) is 0 Å². The highest BCUT2D eigenvalue weighted by Crippen LogP contribution is 2.31. The fourth-order valence-corrected chi connectivity index (χ4v) is 2.23. The molecule has 0 radical (unpaired) electrons. The SMILES string of the molecule is CN(C)c1ccc(/C(=C\C=C\C(=O)O)c2ccc(C(F)(F)F)cc2)cn1. The fraction of sp³-hybridized carbons (Fsp3) is 0.158. The van der Waals surface area contributed by atoms with Crippen LogP contribution in [0.5, 0.6) is 0 Å². The molecule has 1 aromatic carbocycles. The average molecular weight is 362 g/mol. The van der Waals surface area contributed by atoms with E-state index in [9.17, 15) is 18.0 Å². The minimum atomic E-state index is -4.42. The van der Waals surface area contributed by atoms with Gasteiger partial charge in [-0.05, 0) is 35.4 Å². The van der Waals surface area contributed by atoms with E-state index in [1.165, 1.54) is 24.3 Å². The van der Waals surface area contributed by atoms with Gasteiger partial charge in [0.15, 0.2) is 0 Å². The molecular formula is C19H17F3N2O2. The summed E-state index contributed by atoms with van der Waals surface area (Å²) in [6.07, 6.45) is 0.984. The number of alkyl halides is 3. The predicted octanol–water partition coefficient (Wildman–Crippen LogP) is 4.24. The summed E-state index contributed by atoms with van der Waals surface area (Å²) in [5, 5.41) is 8.73. The van der Waals surface area contributed by atoms with Crippen LogP contribution in [-0.2, 0) is 11.0 Å². The van der Waals surface area contributed by atoms with Crippen molar-refractivity contribution in [3.05, 3.63) is 77.5 Å². The second-order valence-electron chi connectivity index (χ2n) is 5.65. The molecular weight excluding hydrogens is 345 g/mol. The van der Waals surface area contributed by atoms with Crippen LogP contribution < -0.4 is 4.90 Å². The number of nitrogens with zero attached hydrogens (tertiary/aromatic N) is 2. The van der Waals surface area contributed by atoms with E-state index >= 15 is 0 Å². The van der Waals surface area contributed by atoms with E-state index in [2.05, 4.69) is 4.98 Å². The number of allylic oxidation sites excluding steroid dienone is 2. The molecule has 0 unspecified atom stereocenters. The Bertz CT molecular complexity index is 821. The van der Waals surface area contributed by atoms with Crippen LogP contribution in [0.1, 0.15) is 16.7 Å². The Morgan fingerprint density at radius 2 is 1.69 bits per heavy atom. The molecule has 0 amide bonds. The summed E-state index contributed by atoms with van der Waals surface area (Å²) in [6.45, 7) is 0. The van der Waals surface area contributed by atoms with Gasteiger partial charge in [-0.1, -0.05) is 24.3 Å². The average Bonchev–Trinajstić information content (AvgIpc) is 2.58. The zero-order valence-electron chi connectivity index (χ0n) is 14.2. The van der Waals surface area contributed by atoms with Gasteiger partial charge in [-0.25, -0.2) is 9.78 Å². The van der Waals surface area contributed by atoms with Crippen molar-refractivity contribution in [3.63, 3.8) is 0 Å². The van der Waals surface area contributed by atoms with Crippen molar-refractivity contribution in [3.8, 4) is 0 Å². The summed E-state index contributed by atoms with van der Waals surface area (Å²) in [5.41, 5.74) is 0.995. The number of carboxylic acids is 1. The van der Waals surface area contributed by atoms with E-state index in [0.717, 1.165) is 24.0 Å². The van der Waals surface area contributed by atoms with Crippen LogP contribution in [0.15, 0.2) is 60.8 Å². The zero-order chi connectivity index (χ0) is 19.3. The monoisotopic (exact) mass is 362 g/mol. The lowest BCUT2D eigenvalue weighted by Crippen LogP contribution is -2.10. The molecule has 0 aliphatic rings. The molecule has 0 spiro atoms. The molecule has 136 valence electrons. The summed E-state index contributed by atoms with van der Waals surface area (Å²) in [7, 11) is 3.68. The van der Waals surface area contributed by atoms with E-state index in [4.69, 9.17) is 5.11 Å². The zero-order valence-corrected chi connectivity index (χ0v) is 14.2. The molecule has 4 nitrogen and oxygen atoms in total. The number of hydrogen-bond donors (Lipinski definition) is 1. The third kappa shape index (κ3) is 4.95. The standard InChI is InChI=1S/C19H17F3N2O2/c1-24(2)17-11-8-14(12-23-17)16(4-3-5-18(25)26)13-6-9-15(10-7-13)19(20,21)22/h3-12H,1-2H3,(H,25,26)/b5-3+,16-4-. The van der Waals surface area contributed by atoms with Crippen molar-refractivity contribution >= 4 is 17.4 Å². The summed E-state index contributed by atoms with van der Waals surface area (Å²) < 4.78 is 38.2. The van der Waals surface area contributed by atoms with Crippen LogP contribution in [0.25, 0.3) is 5.57 Å². The number of pyridine rings is 1. The van der Waals surface area contributed by atoms with Gasteiger partial charge in [-0.15, -0.1) is 0 Å². The first-order valence-corrected chi connectivity index (χ1v) is 7.61. The molecule has 0 fully saturated rings. The van der Waals surface area contributed by atoms with Crippen molar-refractivity contribution in [1.82, 2.24) is 4.98 Å². The maximum atomic E-state index is 12.7. The number of aliphatic carboxylic acids is 1. The lowest BCUT2D eigenvalue weighted by Gasteiger charge is -2.13. The topological polar surface area (TPSA) is 53.4 Å². The van der Waals surface area contributed by atoms with Gasteiger partial charge < -0.3 is 10.0 Å². The van der Waals surface area contributed by atoms with Gasteiger partial charge in [0.25, 0.3) is 0 Å². The van der Waals surface area contributed by atoms with Gasteiger partial charge >= 0.3 is 12.1 Å². The Hall–Kier alpha value is -3.09. The van der Waals surface area contributed by atoms with Gasteiger partial charge in [0.05, 0.1) is 5.56 Å². The number of halogens is 3. The first-order valence-electron chi connectivity index (χ1n) is 7.61. The minimum Gasteiger partial charge on any atom is -0.478 e. The smallest absolute Gasteiger partial charge is 0.416 e. The van der Waals surface area contributed by atoms with Gasteiger partial charge in [-0.3, -0.25) is 0 Å². The van der Waals surface area contributed by atoms with Crippen LogP contribution in [0.3, 0.4) is 0 Å². The van der Waals surface area contributed by atoms with Gasteiger partial charge in [-0.2, -0.15) is 13.2 Å². The van der Waals surface area contributed by atoms with Crippen LogP contribution in [0.2, 0.25) is 0 Å². The molecule has 0 aliphatic carbocycles. The number of benzene rings is 1. The maximum absolute atomic E-state index is 12.7. The van der Waals surface area contributed by atoms with Gasteiger partial charge in [0.1, 0.15) is 5.82 Å². The maximum Gasteiger partial charge on any atom is 0.416 e. The molecule has 1 N–H and O–H groups in total. The number of rotatable bonds is 5. The Morgan fingerprint density at radius 3 is 2.15 bits per heavy atom. The molecule has 0 atom stereocenters. The largest absolute Gasteiger partial charge is 0.478 e. The highest BCUT2D eigenvalue weighted by molar-refractivity contribution is 5.84. The van der Waals surface area contributed by atoms with Crippen LogP contribution in [-0.4, -0.2) is 30.2 Å². The number of carboxylic acid groups (broad SMARTS) is 1. The van der Waals surface area contributed by atoms with Crippen molar-refractivity contribution in [1.29, 1.82) is 0 Å². The molecule has 1 heterocycles.